The van der Waals surface area contributed by atoms with Crippen molar-refractivity contribution in [1.82, 2.24) is 10.6 Å². The van der Waals surface area contributed by atoms with Crippen LogP contribution in [0.25, 0.3) is 11.1 Å². The summed E-state index contributed by atoms with van der Waals surface area (Å²) in [6.07, 6.45) is 1.81. The Kier molecular flexibility index (Phi) is 12.6. The number of amides is 2. The number of hydrogen-bond acceptors (Lipinski definition) is 9. The highest BCUT2D eigenvalue weighted by molar-refractivity contribution is 5.86. The molecule has 0 saturated heterocycles. The molecule has 11 heteroatoms. The first-order valence-corrected chi connectivity index (χ1v) is 17.0. The van der Waals surface area contributed by atoms with Crippen molar-refractivity contribution in [2.75, 3.05) is 40.9 Å². The quantitative estimate of drug-likeness (QED) is 0.180. The van der Waals surface area contributed by atoms with E-state index in [4.69, 9.17) is 23.7 Å². The van der Waals surface area contributed by atoms with Gasteiger partial charge in [-0.2, -0.15) is 0 Å². The van der Waals surface area contributed by atoms with E-state index in [2.05, 4.69) is 16.0 Å². The summed E-state index contributed by atoms with van der Waals surface area (Å²) in [5, 5.41) is 9.58. The molecule has 50 heavy (non-hydrogen) atoms. The highest BCUT2D eigenvalue weighted by Crippen LogP contribution is 2.50. The van der Waals surface area contributed by atoms with Gasteiger partial charge in [-0.3, -0.25) is 14.4 Å². The normalized spacial score (nSPS) is 15.3. The van der Waals surface area contributed by atoms with Crippen LogP contribution >= 0.6 is 0 Å². The molecule has 3 aromatic carbocycles. The van der Waals surface area contributed by atoms with Gasteiger partial charge in [-0.1, -0.05) is 46.2 Å². The average molecular weight is 690 g/mol. The molecule has 0 aromatic heterocycles. The van der Waals surface area contributed by atoms with Gasteiger partial charge in [0, 0.05) is 12.5 Å². The first kappa shape index (κ1) is 37.9. The number of methoxy groups -OCH3 is 5. The van der Waals surface area contributed by atoms with E-state index in [0.29, 0.717) is 59.1 Å². The van der Waals surface area contributed by atoms with Gasteiger partial charge in [0.15, 0.2) is 23.0 Å². The van der Waals surface area contributed by atoms with Crippen LogP contribution < -0.4 is 45.1 Å². The fourth-order valence-electron chi connectivity index (χ4n) is 6.62. The second kappa shape index (κ2) is 16.7. The molecule has 1 aliphatic rings. The molecule has 4 rings (SSSR count). The van der Waals surface area contributed by atoms with Crippen LogP contribution in [-0.2, 0) is 16.0 Å². The standard InChI is InChI=1S/C39H51N3O8/c1-11-22(4)36(39(45)42-35(21(2)3)25-13-17-31(46-6)32(19-25)47-7)41-29-16-14-26-27(20-30(29)44)28(40-23(5)43)15-12-24-18-33(48-8)37(49-9)38(50-10)34(24)26/h13-14,16-22,28,35-36H,11-12,15H2,1-10H3,(H,40,43)(H,41,44)(H,42,45)/t22-,28+,35?,36+/m1/s1. The molecule has 0 fully saturated rings. The second-order valence-electron chi connectivity index (χ2n) is 12.9. The molecule has 3 N–H and O–H groups in total. The smallest absolute Gasteiger partial charge is 0.243 e. The van der Waals surface area contributed by atoms with Crippen LogP contribution in [-0.4, -0.2) is 53.4 Å². The Balaban J connectivity index is 1.82. The van der Waals surface area contributed by atoms with E-state index in [1.165, 1.54) is 6.92 Å². The summed E-state index contributed by atoms with van der Waals surface area (Å²) in [5.41, 5.74) is 3.84. The van der Waals surface area contributed by atoms with Crippen LogP contribution in [0.4, 0.5) is 5.69 Å². The molecular weight excluding hydrogens is 638 g/mol. The number of nitrogens with one attached hydrogen (secondary N) is 3. The maximum Gasteiger partial charge on any atom is 0.243 e. The molecule has 1 unspecified atom stereocenters. The van der Waals surface area contributed by atoms with Crippen molar-refractivity contribution in [2.24, 2.45) is 11.8 Å². The predicted molar refractivity (Wildman–Crippen MR) is 195 cm³/mol. The summed E-state index contributed by atoms with van der Waals surface area (Å²) in [6.45, 7) is 9.52. The SMILES string of the molecule is CC[C@@H](C)[C@H](Nc1ccc2c(cc1=O)[C@@H](NC(C)=O)CCc1cc(OC)c(OC)c(OC)c1-2)C(=O)NC(c1ccc(OC)c(OC)c1)C(C)C. The molecule has 0 heterocycles. The molecule has 0 radical (unpaired) electrons. The van der Waals surface area contributed by atoms with Crippen LogP contribution in [0, 0.1) is 11.8 Å². The monoisotopic (exact) mass is 689 g/mol. The van der Waals surface area contributed by atoms with E-state index < -0.39 is 12.1 Å². The van der Waals surface area contributed by atoms with E-state index in [-0.39, 0.29) is 40.8 Å². The molecular formula is C39H51N3O8. The largest absolute Gasteiger partial charge is 0.493 e. The number of anilines is 1. The summed E-state index contributed by atoms with van der Waals surface area (Å²) < 4.78 is 28.2. The Morgan fingerprint density at radius 3 is 2.10 bits per heavy atom. The van der Waals surface area contributed by atoms with E-state index in [9.17, 15) is 14.4 Å². The number of carbonyl (C=O) groups excluding carboxylic acids is 2. The fourth-order valence-corrected chi connectivity index (χ4v) is 6.62. The zero-order valence-corrected chi connectivity index (χ0v) is 30.8. The van der Waals surface area contributed by atoms with Crippen molar-refractivity contribution in [3.63, 3.8) is 0 Å². The predicted octanol–water partition coefficient (Wildman–Crippen LogP) is 6.22. The summed E-state index contributed by atoms with van der Waals surface area (Å²) in [7, 11) is 7.83. The number of carbonyl (C=O) groups is 2. The molecule has 11 nitrogen and oxygen atoms in total. The van der Waals surface area contributed by atoms with Gasteiger partial charge < -0.3 is 39.6 Å². The first-order valence-electron chi connectivity index (χ1n) is 17.0. The molecule has 270 valence electrons. The molecule has 0 bridgehead atoms. The highest BCUT2D eigenvalue weighted by Gasteiger charge is 2.31. The maximum atomic E-state index is 14.1. The Morgan fingerprint density at radius 1 is 0.840 bits per heavy atom. The van der Waals surface area contributed by atoms with Gasteiger partial charge in [-0.05, 0) is 77.3 Å². The van der Waals surface area contributed by atoms with Crippen molar-refractivity contribution in [3.8, 4) is 39.9 Å². The first-order chi connectivity index (χ1) is 23.9. The third-order valence-corrected chi connectivity index (χ3v) is 9.45. The molecule has 3 aromatic rings. The third-order valence-electron chi connectivity index (χ3n) is 9.45. The van der Waals surface area contributed by atoms with Gasteiger partial charge in [0.1, 0.15) is 6.04 Å². The third kappa shape index (κ3) is 7.93. The van der Waals surface area contributed by atoms with Crippen LogP contribution in [0.1, 0.15) is 76.2 Å². The number of fused-ring (bicyclic) bond motifs is 3. The zero-order chi connectivity index (χ0) is 36.7. The number of hydrogen-bond donors (Lipinski definition) is 3. The minimum atomic E-state index is -0.728. The van der Waals surface area contributed by atoms with Gasteiger partial charge in [0.2, 0.25) is 23.0 Å². The zero-order valence-electron chi connectivity index (χ0n) is 30.8. The van der Waals surface area contributed by atoms with Crippen LogP contribution in [0.5, 0.6) is 28.7 Å². The summed E-state index contributed by atoms with van der Waals surface area (Å²) in [5.74, 6) is 2.05. The summed E-state index contributed by atoms with van der Waals surface area (Å²) in [4.78, 5) is 40.6. The maximum absolute atomic E-state index is 14.1. The Hall–Kier alpha value is -4.93. The van der Waals surface area contributed by atoms with E-state index >= 15 is 0 Å². The van der Waals surface area contributed by atoms with Gasteiger partial charge in [-0.25, -0.2) is 0 Å². The number of aryl methyl sites for hydroxylation is 1. The fraction of sp³-hybridized carbons (Fsp3) is 0.462. The van der Waals surface area contributed by atoms with E-state index in [1.54, 1.807) is 47.7 Å². The number of rotatable bonds is 14. The lowest BCUT2D eigenvalue weighted by Crippen LogP contribution is -2.46. The number of benzene rings is 2. The van der Waals surface area contributed by atoms with Gasteiger partial charge in [-0.15, -0.1) is 0 Å². The Labute approximate surface area is 295 Å². The minimum absolute atomic E-state index is 0.0475. The van der Waals surface area contributed by atoms with Crippen LogP contribution in [0.15, 0.2) is 47.3 Å². The lowest BCUT2D eigenvalue weighted by molar-refractivity contribution is -0.124. The van der Waals surface area contributed by atoms with Crippen molar-refractivity contribution >= 4 is 17.5 Å². The van der Waals surface area contributed by atoms with Crippen molar-refractivity contribution in [1.29, 1.82) is 0 Å². The van der Waals surface area contributed by atoms with E-state index in [0.717, 1.165) is 16.7 Å². The minimum Gasteiger partial charge on any atom is -0.493 e. The Bertz CT molecular complexity index is 1760. The molecule has 1 aliphatic carbocycles. The molecule has 0 aliphatic heterocycles. The summed E-state index contributed by atoms with van der Waals surface area (Å²) in [6, 6.07) is 11.1. The van der Waals surface area contributed by atoms with Gasteiger partial charge in [0.05, 0.1) is 53.3 Å². The van der Waals surface area contributed by atoms with Crippen molar-refractivity contribution in [3.05, 3.63) is 69.4 Å². The van der Waals surface area contributed by atoms with Gasteiger partial charge >= 0.3 is 0 Å². The molecule has 0 saturated carbocycles. The molecule has 0 spiro atoms. The van der Waals surface area contributed by atoms with Crippen molar-refractivity contribution in [2.45, 2.75) is 72.0 Å². The lowest BCUT2D eigenvalue weighted by atomic mass is 9.93. The topological polar surface area (TPSA) is 133 Å². The van der Waals surface area contributed by atoms with Crippen molar-refractivity contribution < 1.29 is 33.3 Å². The lowest BCUT2D eigenvalue weighted by Gasteiger charge is -2.29. The average Bonchev–Trinajstić information content (AvgIpc) is 3.35. The van der Waals surface area contributed by atoms with Crippen LogP contribution in [0.2, 0.25) is 0 Å². The summed E-state index contributed by atoms with van der Waals surface area (Å²) >= 11 is 0. The van der Waals surface area contributed by atoms with Crippen LogP contribution in [0.3, 0.4) is 0 Å². The highest BCUT2D eigenvalue weighted by atomic mass is 16.5. The van der Waals surface area contributed by atoms with Gasteiger partial charge in [0.25, 0.3) is 0 Å². The number of ether oxygens (including phenoxy) is 5. The molecule has 2 amide bonds. The second-order valence-corrected chi connectivity index (χ2v) is 12.9. The van der Waals surface area contributed by atoms with E-state index in [1.807, 2.05) is 58.0 Å². The molecule has 4 atom stereocenters. The Morgan fingerprint density at radius 2 is 1.52 bits per heavy atom.